The van der Waals surface area contributed by atoms with Crippen LogP contribution in [0.25, 0.3) is 0 Å². The molecule has 0 bridgehead atoms. The van der Waals surface area contributed by atoms with Crippen LogP contribution in [0.4, 0.5) is 0 Å². The van der Waals surface area contributed by atoms with Gasteiger partial charge < -0.3 is 4.74 Å². The number of nitrogens with one attached hydrogen (secondary N) is 2. The Balaban J connectivity index is 1.58. The van der Waals surface area contributed by atoms with Crippen LogP contribution < -0.4 is 10.9 Å². The molecule has 0 fully saturated rings. The van der Waals surface area contributed by atoms with Gasteiger partial charge in [-0.1, -0.05) is 12.8 Å². The van der Waals surface area contributed by atoms with Crippen molar-refractivity contribution in [2.75, 3.05) is 7.11 Å². The molecule has 0 spiro atoms. The van der Waals surface area contributed by atoms with Crippen molar-refractivity contribution in [1.82, 2.24) is 15.8 Å². The molecular weight excluding hydrogens is 358 g/mol. The lowest BCUT2D eigenvalue weighted by Gasteiger charge is -2.07. The van der Waals surface area contributed by atoms with Crippen LogP contribution in [0.5, 0.6) is 0 Å². The van der Waals surface area contributed by atoms with Crippen molar-refractivity contribution in [3.63, 3.8) is 0 Å². The van der Waals surface area contributed by atoms with Gasteiger partial charge in [-0.15, -0.1) is 22.7 Å². The number of methoxy groups -OCH3 is 1. The molecule has 8 heteroatoms. The van der Waals surface area contributed by atoms with Crippen molar-refractivity contribution in [3.8, 4) is 0 Å². The van der Waals surface area contributed by atoms with Gasteiger partial charge in [-0.2, -0.15) is 0 Å². The summed E-state index contributed by atoms with van der Waals surface area (Å²) in [5.41, 5.74) is 6.47. The second kappa shape index (κ2) is 8.55. The number of hydrogen-bond donors (Lipinski definition) is 2. The Morgan fingerprint density at radius 3 is 2.72 bits per heavy atom. The van der Waals surface area contributed by atoms with Crippen molar-refractivity contribution < 1.29 is 14.3 Å². The first kappa shape index (κ1) is 18.0. The number of nitrogens with zero attached hydrogens (tertiary/aromatic N) is 1. The Morgan fingerprint density at radius 1 is 1.16 bits per heavy atom. The van der Waals surface area contributed by atoms with Gasteiger partial charge in [-0.25, -0.2) is 4.98 Å². The van der Waals surface area contributed by atoms with Gasteiger partial charge in [0.1, 0.15) is 10.7 Å². The zero-order valence-corrected chi connectivity index (χ0v) is 15.7. The Hall–Kier alpha value is -1.77. The molecule has 0 atom stereocenters. The number of aromatic nitrogens is 1. The largest absolute Gasteiger partial charge is 0.378 e. The van der Waals surface area contributed by atoms with E-state index in [9.17, 15) is 9.59 Å². The average molecular weight is 380 g/mol. The number of carbonyl (C=O) groups excluding carboxylic acids is 2. The molecule has 0 unspecified atom stereocenters. The third-order valence-electron chi connectivity index (χ3n) is 4.06. The first-order chi connectivity index (χ1) is 12.2. The Bertz CT molecular complexity index is 729. The van der Waals surface area contributed by atoms with Crippen LogP contribution in [0.3, 0.4) is 0 Å². The number of carbonyl (C=O) groups is 2. The predicted molar refractivity (Wildman–Crippen MR) is 98.0 cm³/mol. The molecule has 2 aromatic rings. The highest BCUT2D eigenvalue weighted by Gasteiger charge is 2.17. The minimum Gasteiger partial charge on any atom is -0.378 e. The van der Waals surface area contributed by atoms with Crippen LogP contribution in [-0.4, -0.2) is 23.9 Å². The average Bonchev–Trinajstić information content (AvgIpc) is 3.20. The molecule has 2 amide bonds. The zero-order chi connectivity index (χ0) is 17.6. The summed E-state index contributed by atoms with van der Waals surface area (Å²) in [5.74, 6) is -0.709. The number of amides is 2. The lowest BCUT2D eigenvalue weighted by atomic mass is 10.00. The van der Waals surface area contributed by atoms with Crippen molar-refractivity contribution in [1.29, 1.82) is 0 Å². The molecule has 0 radical (unpaired) electrons. The van der Waals surface area contributed by atoms with Crippen LogP contribution in [0.2, 0.25) is 0 Å². The van der Waals surface area contributed by atoms with Crippen LogP contribution in [0.15, 0.2) is 11.4 Å². The van der Waals surface area contributed by atoms with E-state index in [0.717, 1.165) is 17.8 Å². The van der Waals surface area contributed by atoms with Gasteiger partial charge >= 0.3 is 0 Å². The van der Waals surface area contributed by atoms with E-state index in [2.05, 4.69) is 15.8 Å². The zero-order valence-electron chi connectivity index (χ0n) is 14.1. The number of aryl methyl sites for hydroxylation is 2. The Kier molecular flexibility index (Phi) is 6.17. The summed E-state index contributed by atoms with van der Waals surface area (Å²) < 4.78 is 4.98. The quantitative estimate of drug-likeness (QED) is 0.800. The third kappa shape index (κ3) is 4.65. The number of thiazole rings is 1. The molecule has 0 aliphatic heterocycles. The summed E-state index contributed by atoms with van der Waals surface area (Å²) in [5, 5.41) is 2.37. The second-order valence-corrected chi connectivity index (χ2v) is 8.02. The van der Waals surface area contributed by atoms with Crippen LogP contribution in [-0.2, 0) is 24.2 Å². The maximum Gasteiger partial charge on any atom is 0.289 e. The second-order valence-electron chi connectivity index (χ2n) is 5.94. The number of thiophene rings is 1. The van der Waals surface area contributed by atoms with E-state index in [1.807, 2.05) is 6.07 Å². The molecular formula is C17H21N3O3S2. The summed E-state index contributed by atoms with van der Waals surface area (Å²) in [6.45, 7) is 0.366. The molecule has 0 saturated carbocycles. The molecule has 2 heterocycles. The molecule has 3 rings (SSSR count). The molecule has 25 heavy (non-hydrogen) atoms. The number of rotatable bonds is 4. The van der Waals surface area contributed by atoms with Crippen LogP contribution in [0.1, 0.15) is 61.3 Å². The van der Waals surface area contributed by atoms with Crippen LogP contribution >= 0.6 is 22.7 Å². The van der Waals surface area contributed by atoms with E-state index < -0.39 is 5.91 Å². The highest BCUT2D eigenvalue weighted by atomic mass is 32.1. The molecule has 2 aromatic heterocycles. The highest BCUT2D eigenvalue weighted by molar-refractivity contribution is 7.14. The van der Waals surface area contributed by atoms with Gasteiger partial charge in [0.15, 0.2) is 0 Å². The topological polar surface area (TPSA) is 80.3 Å². The Labute approximate surface area is 154 Å². The molecule has 0 saturated heterocycles. The molecule has 134 valence electrons. The van der Waals surface area contributed by atoms with Gasteiger partial charge in [0.05, 0.1) is 11.5 Å². The predicted octanol–water partition coefficient (Wildman–Crippen LogP) is 3.08. The lowest BCUT2D eigenvalue weighted by Crippen LogP contribution is -2.41. The standard InChI is InChI=1S/C17H21N3O3S2/c1-23-9-15-18-12(10-24-15)16(21)19-20-17(22)14-8-11-6-4-2-3-5-7-13(11)25-14/h8,10H,2-7,9H2,1H3,(H,19,21)(H,20,22). The molecule has 6 nitrogen and oxygen atoms in total. The van der Waals surface area contributed by atoms with E-state index >= 15 is 0 Å². The summed E-state index contributed by atoms with van der Waals surface area (Å²) >= 11 is 2.88. The third-order valence-corrected chi connectivity index (χ3v) is 6.12. The van der Waals surface area contributed by atoms with Crippen molar-refractivity contribution in [2.24, 2.45) is 0 Å². The SMILES string of the molecule is COCc1nc(C(=O)NNC(=O)c2cc3c(s2)CCCCCC3)cs1. The van der Waals surface area contributed by atoms with Crippen molar-refractivity contribution >= 4 is 34.5 Å². The van der Waals surface area contributed by atoms with Gasteiger partial charge in [-0.05, 0) is 37.3 Å². The minimum atomic E-state index is -0.429. The minimum absolute atomic E-state index is 0.274. The monoisotopic (exact) mass is 379 g/mol. The molecule has 2 N–H and O–H groups in total. The summed E-state index contributed by atoms with van der Waals surface area (Å²) in [6, 6.07) is 1.96. The van der Waals surface area contributed by atoms with E-state index in [1.54, 1.807) is 12.5 Å². The van der Waals surface area contributed by atoms with E-state index in [4.69, 9.17) is 4.74 Å². The smallest absolute Gasteiger partial charge is 0.289 e. The van der Waals surface area contributed by atoms with Gasteiger partial charge in [0.25, 0.3) is 11.8 Å². The summed E-state index contributed by atoms with van der Waals surface area (Å²) in [7, 11) is 1.58. The summed E-state index contributed by atoms with van der Waals surface area (Å²) in [6.07, 6.45) is 6.95. The number of ether oxygens (including phenoxy) is 1. The fourth-order valence-electron chi connectivity index (χ4n) is 2.80. The first-order valence-electron chi connectivity index (χ1n) is 8.33. The Morgan fingerprint density at radius 2 is 1.92 bits per heavy atom. The van der Waals surface area contributed by atoms with Gasteiger partial charge in [0, 0.05) is 17.4 Å². The first-order valence-corrected chi connectivity index (χ1v) is 10.0. The van der Waals surface area contributed by atoms with Crippen molar-refractivity contribution in [3.05, 3.63) is 37.5 Å². The molecule has 0 aromatic carbocycles. The molecule has 1 aliphatic rings. The number of hydrazine groups is 1. The van der Waals surface area contributed by atoms with Gasteiger partial charge in [-0.3, -0.25) is 20.4 Å². The van der Waals surface area contributed by atoms with E-state index in [0.29, 0.717) is 11.5 Å². The fraction of sp³-hybridized carbons (Fsp3) is 0.471. The van der Waals surface area contributed by atoms with Crippen molar-refractivity contribution in [2.45, 2.75) is 45.1 Å². The number of hydrogen-bond acceptors (Lipinski definition) is 6. The van der Waals surface area contributed by atoms with Gasteiger partial charge in [0.2, 0.25) is 0 Å². The number of fused-ring (bicyclic) bond motifs is 1. The lowest BCUT2D eigenvalue weighted by molar-refractivity contribution is 0.0846. The summed E-state index contributed by atoms with van der Waals surface area (Å²) in [4.78, 5) is 30.5. The molecule has 1 aliphatic carbocycles. The van der Waals surface area contributed by atoms with Crippen LogP contribution in [0, 0.1) is 0 Å². The highest BCUT2D eigenvalue weighted by Crippen LogP contribution is 2.28. The maximum atomic E-state index is 12.3. The normalized spacial score (nSPS) is 14.3. The van der Waals surface area contributed by atoms with E-state index in [-0.39, 0.29) is 11.6 Å². The maximum absolute atomic E-state index is 12.3. The fourth-order valence-corrected chi connectivity index (χ4v) is 4.69. The van der Waals surface area contributed by atoms with E-state index in [1.165, 1.54) is 58.8 Å².